The van der Waals surface area contributed by atoms with E-state index < -0.39 is 12.1 Å². The zero-order valence-electron chi connectivity index (χ0n) is 7.58. The summed E-state index contributed by atoms with van der Waals surface area (Å²) < 4.78 is 0. The lowest BCUT2D eigenvalue weighted by atomic mass is 9.89. The monoisotopic (exact) mass is 172 g/mol. The van der Waals surface area contributed by atoms with Crippen LogP contribution in [0.4, 0.5) is 0 Å². The normalized spacial score (nSPS) is 22.3. The van der Waals surface area contributed by atoms with Gasteiger partial charge in [0.05, 0.1) is 0 Å². The van der Waals surface area contributed by atoms with Gasteiger partial charge < -0.3 is 10.2 Å². The molecule has 0 heterocycles. The second-order valence-electron chi connectivity index (χ2n) is 4.20. The fourth-order valence-electron chi connectivity index (χ4n) is 1.82. The fraction of sp³-hybridized carbons (Fsp3) is 0.889. The van der Waals surface area contributed by atoms with Crippen LogP contribution in [0.15, 0.2) is 0 Å². The summed E-state index contributed by atoms with van der Waals surface area (Å²) in [5.41, 5.74) is -0.292. The van der Waals surface area contributed by atoms with Crippen molar-refractivity contribution in [1.82, 2.24) is 0 Å². The van der Waals surface area contributed by atoms with Crippen molar-refractivity contribution in [3.8, 4) is 0 Å². The second kappa shape index (κ2) is 3.05. The molecule has 0 saturated heterocycles. The maximum Gasteiger partial charge on any atom is 0.333 e. The molecule has 0 aliphatic heterocycles. The third-order valence-corrected chi connectivity index (χ3v) is 2.52. The van der Waals surface area contributed by atoms with Gasteiger partial charge in [-0.3, -0.25) is 0 Å². The Morgan fingerprint density at radius 3 is 2.25 bits per heavy atom. The van der Waals surface area contributed by atoms with E-state index in [0.717, 1.165) is 19.3 Å². The highest BCUT2D eigenvalue weighted by molar-refractivity contribution is 5.73. The minimum absolute atomic E-state index is 0.292. The molecule has 0 aromatic carbocycles. The zero-order chi connectivity index (χ0) is 9.35. The van der Waals surface area contributed by atoms with Crippen LogP contribution in [0.25, 0.3) is 0 Å². The minimum atomic E-state index is -1.15. The van der Waals surface area contributed by atoms with Crippen LogP contribution in [0, 0.1) is 11.3 Å². The molecule has 1 atom stereocenters. The summed E-state index contributed by atoms with van der Waals surface area (Å²) in [5, 5.41) is 18.0. The molecule has 12 heavy (non-hydrogen) atoms. The number of hydrogen-bond donors (Lipinski definition) is 2. The summed E-state index contributed by atoms with van der Waals surface area (Å²) in [6.07, 6.45) is 1.39. The van der Waals surface area contributed by atoms with Crippen molar-refractivity contribution in [1.29, 1.82) is 0 Å². The Bertz CT molecular complexity index is 182. The lowest BCUT2D eigenvalue weighted by molar-refractivity contribution is -0.151. The van der Waals surface area contributed by atoms with Gasteiger partial charge in [-0.15, -0.1) is 0 Å². The Morgan fingerprint density at radius 1 is 1.50 bits per heavy atom. The highest BCUT2D eigenvalue weighted by Gasteiger charge is 2.51. The number of carboxylic acids is 1. The van der Waals surface area contributed by atoms with Gasteiger partial charge in [0.2, 0.25) is 0 Å². The highest BCUT2D eigenvalue weighted by Crippen LogP contribution is 2.53. The molecule has 0 amide bonds. The van der Waals surface area contributed by atoms with Crippen LogP contribution in [0.3, 0.4) is 0 Å². The van der Waals surface area contributed by atoms with Crippen molar-refractivity contribution in [2.75, 3.05) is 0 Å². The first-order chi connectivity index (χ1) is 5.48. The van der Waals surface area contributed by atoms with Gasteiger partial charge in [0.25, 0.3) is 0 Å². The lowest BCUT2D eigenvalue weighted by Gasteiger charge is -2.20. The van der Waals surface area contributed by atoms with E-state index in [0.29, 0.717) is 5.92 Å². The van der Waals surface area contributed by atoms with Crippen LogP contribution in [0.1, 0.15) is 33.1 Å². The lowest BCUT2D eigenvalue weighted by Crippen LogP contribution is -2.31. The van der Waals surface area contributed by atoms with Crippen LogP contribution in [-0.2, 0) is 4.79 Å². The molecule has 1 saturated carbocycles. The summed E-state index contributed by atoms with van der Waals surface area (Å²) in [7, 11) is 0. The van der Waals surface area contributed by atoms with Gasteiger partial charge in [-0.1, -0.05) is 13.8 Å². The quantitative estimate of drug-likeness (QED) is 0.671. The molecule has 0 aromatic heterocycles. The topological polar surface area (TPSA) is 57.5 Å². The fourth-order valence-corrected chi connectivity index (χ4v) is 1.82. The molecule has 3 nitrogen and oxygen atoms in total. The van der Waals surface area contributed by atoms with E-state index in [-0.39, 0.29) is 5.41 Å². The average Bonchev–Trinajstić information content (AvgIpc) is 2.66. The minimum Gasteiger partial charge on any atom is -0.479 e. The van der Waals surface area contributed by atoms with E-state index in [9.17, 15) is 9.90 Å². The number of hydrogen-bond acceptors (Lipinski definition) is 2. The molecule has 1 unspecified atom stereocenters. The van der Waals surface area contributed by atoms with Crippen LogP contribution in [-0.4, -0.2) is 22.3 Å². The molecule has 70 valence electrons. The number of rotatable bonds is 4. The van der Waals surface area contributed by atoms with Crippen molar-refractivity contribution >= 4 is 5.97 Å². The first-order valence-electron chi connectivity index (χ1n) is 4.39. The molecule has 1 aliphatic rings. The first-order valence-corrected chi connectivity index (χ1v) is 4.39. The number of aliphatic carboxylic acids is 1. The summed E-state index contributed by atoms with van der Waals surface area (Å²) in [4.78, 5) is 10.5. The van der Waals surface area contributed by atoms with Crippen molar-refractivity contribution in [2.45, 2.75) is 39.2 Å². The van der Waals surface area contributed by atoms with Gasteiger partial charge in [0, 0.05) is 5.41 Å². The van der Waals surface area contributed by atoms with Crippen LogP contribution < -0.4 is 0 Å². The van der Waals surface area contributed by atoms with E-state index in [1.54, 1.807) is 0 Å². The molecule has 0 radical (unpaired) electrons. The molecule has 1 fully saturated rings. The van der Waals surface area contributed by atoms with Gasteiger partial charge in [0.15, 0.2) is 6.10 Å². The van der Waals surface area contributed by atoms with E-state index >= 15 is 0 Å². The van der Waals surface area contributed by atoms with Gasteiger partial charge in [-0.2, -0.15) is 0 Å². The Hall–Kier alpha value is -0.570. The standard InChI is InChI=1S/C9H16O3/c1-6(2)5-9(3-4-9)7(10)8(11)12/h6-7,10H,3-5H2,1-2H3,(H,11,12). The number of aliphatic hydroxyl groups is 1. The average molecular weight is 172 g/mol. The number of aliphatic hydroxyl groups excluding tert-OH is 1. The third kappa shape index (κ3) is 1.78. The number of carboxylic acid groups (broad SMARTS) is 1. The highest BCUT2D eigenvalue weighted by atomic mass is 16.4. The number of carbonyl (C=O) groups is 1. The van der Waals surface area contributed by atoms with E-state index in [4.69, 9.17) is 5.11 Å². The second-order valence-corrected chi connectivity index (χ2v) is 4.20. The molecule has 3 heteroatoms. The van der Waals surface area contributed by atoms with Gasteiger partial charge in [0.1, 0.15) is 0 Å². The Kier molecular flexibility index (Phi) is 2.42. The predicted molar refractivity (Wildman–Crippen MR) is 44.8 cm³/mol. The third-order valence-electron chi connectivity index (χ3n) is 2.52. The van der Waals surface area contributed by atoms with Crippen LogP contribution in [0.2, 0.25) is 0 Å². The van der Waals surface area contributed by atoms with Crippen molar-refractivity contribution in [3.63, 3.8) is 0 Å². The largest absolute Gasteiger partial charge is 0.479 e. The Morgan fingerprint density at radius 2 is 2.00 bits per heavy atom. The van der Waals surface area contributed by atoms with Crippen LogP contribution >= 0.6 is 0 Å². The molecule has 1 rings (SSSR count). The van der Waals surface area contributed by atoms with Crippen molar-refractivity contribution < 1.29 is 15.0 Å². The predicted octanol–water partition coefficient (Wildman–Crippen LogP) is 1.26. The smallest absolute Gasteiger partial charge is 0.333 e. The molecular formula is C9H16O3. The van der Waals surface area contributed by atoms with E-state index in [1.165, 1.54) is 0 Å². The zero-order valence-corrected chi connectivity index (χ0v) is 7.58. The van der Waals surface area contributed by atoms with E-state index in [2.05, 4.69) is 13.8 Å². The first kappa shape index (κ1) is 9.52. The summed E-state index contributed by atoms with van der Waals surface area (Å²) in [5.74, 6) is -0.616. The SMILES string of the molecule is CC(C)CC1(C(O)C(=O)O)CC1. The summed E-state index contributed by atoms with van der Waals surface area (Å²) in [6.45, 7) is 4.10. The van der Waals surface area contributed by atoms with Gasteiger partial charge in [-0.05, 0) is 25.2 Å². The molecule has 1 aliphatic carbocycles. The van der Waals surface area contributed by atoms with Crippen molar-refractivity contribution in [3.05, 3.63) is 0 Å². The summed E-state index contributed by atoms with van der Waals surface area (Å²) in [6, 6.07) is 0. The molecule has 0 aromatic rings. The van der Waals surface area contributed by atoms with Crippen molar-refractivity contribution in [2.24, 2.45) is 11.3 Å². The molecule has 0 bridgehead atoms. The van der Waals surface area contributed by atoms with E-state index in [1.807, 2.05) is 0 Å². The Balaban J connectivity index is 2.54. The summed E-state index contributed by atoms with van der Waals surface area (Å²) >= 11 is 0. The Labute approximate surface area is 72.4 Å². The molecule has 2 N–H and O–H groups in total. The maximum atomic E-state index is 10.5. The molecular weight excluding hydrogens is 156 g/mol. The molecule has 0 spiro atoms. The van der Waals surface area contributed by atoms with Crippen LogP contribution in [0.5, 0.6) is 0 Å². The van der Waals surface area contributed by atoms with Gasteiger partial charge >= 0.3 is 5.97 Å². The maximum absolute atomic E-state index is 10.5. The van der Waals surface area contributed by atoms with Gasteiger partial charge in [-0.25, -0.2) is 4.79 Å².